The lowest BCUT2D eigenvalue weighted by Crippen LogP contribution is -2.41. The van der Waals surface area contributed by atoms with Gasteiger partial charge < -0.3 is 10.4 Å². The van der Waals surface area contributed by atoms with Gasteiger partial charge in [-0.1, -0.05) is 0 Å². The second kappa shape index (κ2) is 6.50. The third-order valence-corrected chi connectivity index (χ3v) is 2.67. The van der Waals surface area contributed by atoms with Crippen LogP contribution in [0.4, 0.5) is 5.69 Å². The lowest BCUT2D eigenvalue weighted by atomic mass is 10.1. The number of carbonyl (C=O) groups excluding carboxylic acids is 2. The Morgan fingerprint density at radius 2 is 1.91 bits per heavy atom. The highest BCUT2D eigenvalue weighted by Crippen LogP contribution is 2.13. The third-order valence-electron chi connectivity index (χ3n) is 2.67. The van der Waals surface area contributed by atoms with E-state index >= 15 is 0 Å². The fraction of sp³-hybridized carbons (Fsp3) is 0.0769. The number of rotatable bonds is 5. The van der Waals surface area contributed by atoms with Crippen molar-refractivity contribution in [2.45, 2.75) is 6.23 Å². The van der Waals surface area contributed by atoms with E-state index in [2.05, 4.69) is 15.3 Å². The van der Waals surface area contributed by atoms with E-state index in [0.717, 1.165) is 12.1 Å². The molecule has 0 aliphatic rings. The van der Waals surface area contributed by atoms with Crippen LogP contribution in [-0.2, 0) is 0 Å². The topological polar surface area (TPSA) is 135 Å². The van der Waals surface area contributed by atoms with E-state index in [4.69, 9.17) is 0 Å². The van der Waals surface area contributed by atoms with Crippen molar-refractivity contribution in [3.8, 4) is 0 Å². The van der Waals surface area contributed by atoms with Crippen LogP contribution in [0.3, 0.4) is 0 Å². The molecule has 9 nitrogen and oxygen atoms in total. The smallest absolute Gasteiger partial charge is 0.273 e. The molecule has 0 fully saturated rings. The Labute approximate surface area is 123 Å². The van der Waals surface area contributed by atoms with Gasteiger partial charge in [-0.2, -0.15) is 0 Å². The zero-order chi connectivity index (χ0) is 16.1. The van der Waals surface area contributed by atoms with Crippen molar-refractivity contribution < 1.29 is 19.6 Å². The normalized spacial score (nSPS) is 11.5. The molecule has 112 valence electrons. The summed E-state index contributed by atoms with van der Waals surface area (Å²) in [6.07, 6.45) is 2.04. The van der Waals surface area contributed by atoms with E-state index in [1.165, 1.54) is 30.7 Å². The number of nitro benzene ring substituents is 1. The third kappa shape index (κ3) is 3.46. The van der Waals surface area contributed by atoms with Crippen molar-refractivity contribution >= 4 is 17.4 Å². The first-order chi connectivity index (χ1) is 10.5. The molecule has 0 spiro atoms. The summed E-state index contributed by atoms with van der Waals surface area (Å²) in [6.45, 7) is 0. The Balaban J connectivity index is 2.06. The van der Waals surface area contributed by atoms with Crippen LogP contribution in [0.1, 0.15) is 20.8 Å². The first kappa shape index (κ1) is 15.2. The van der Waals surface area contributed by atoms with Crippen molar-refractivity contribution in [2.24, 2.45) is 0 Å². The Kier molecular flexibility index (Phi) is 4.49. The number of amides is 1. The quantitative estimate of drug-likeness (QED) is 0.351. The summed E-state index contributed by atoms with van der Waals surface area (Å²) < 4.78 is 0. The number of hydrogen-bond donors (Lipinski definition) is 2. The van der Waals surface area contributed by atoms with Crippen LogP contribution in [0, 0.1) is 10.1 Å². The number of non-ortho nitro benzene ring substituents is 1. The molecule has 2 N–H and O–H groups in total. The van der Waals surface area contributed by atoms with E-state index < -0.39 is 22.8 Å². The van der Waals surface area contributed by atoms with Gasteiger partial charge in [-0.3, -0.25) is 24.7 Å². The summed E-state index contributed by atoms with van der Waals surface area (Å²) in [5.41, 5.74) is -0.217. The maximum absolute atomic E-state index is 11.9. The summed E-state index contributed by atoms with van der Waals surface area (Å²) in [6, 6.07) is 4.64. The van der Waals surface area contributed by atoms with Gasteiger partial charge in [-0.15, -0.1) is 0 Å². The number of hydrogen-bond acceptors (Lipinski definition) is 7. The average molecular weight is 302 g/mol. The molecule has 1 unspecified atom stereocenters. The van der Waals surface area contributed by atoms with Crippen molar-refractivity contribution in [3.05, 3.63) is 64.2 Å². The van der Waals surface area contributed by atoms with Crippen molar-refractivity contribution in [1.29, 1.82) is 0 Å². The number of Topliss-reactive ketones (excluding diaryl/α,β-unsaturated/α-hetero) is 1. The van der Waals surface area contributed by atoms with Crippen molar-refractivity contribution in [2.75, 3.05) is 0 Å². The van der Waals surface area contributed by atoms with Crippen LogP contribution in [0.15, 0.2) is 42.9 Å². The van der Waals surface area contributed by atoms with Gasteiger partial charge in [0.15, 0.2) is 6.23 Å². The lowest BCUT2D eigenvalue weighted by molar-refractivity contribution is -0.384. The molecule has 0 bridgehead atoms. The van der Waals surface area contributed by atoms with E-state index in [1.807, 2.05) is 0 Å². The average Bonchev–Trinajstić information content (AvgIpc) is 2.55. The molecule has 0 saturated carbocycles. The highest BCUT2D eigenvalue weighted by atomic mass is 16.6. The molecule has 2 rings (SSSR count). The molecule has 22 heavy (non-hydrogen) atoms. The maximum atomic E-state index is 11.9. The minimum absolute atomic E-state index is 0.0255. The molecular formula is C13H10N4O5. The Morgan fingerprint density at radius 1 is 1.23 bits per heavy atom. The minimum atomic E-state index is -1.80. The van der Waals surface area contributed by atoms with Crippen LogP contribution < -0.4 is 5.32 Å². The molecular weight excluding hydrogens is 292 g/mol. The van der Waals surface area contributed by atoms with E-state index in [9.17, 15) is 24.8 Å². The van der Waals surface area contributed by atoms with Crippen LogP contribution in [0.2, 0.25) is 0 Å². The van der Waals surface area contributed by atoms with E-state index in [1.54, 1.807) is 0 Å². The van der Waals surface area contributed by atoms with Crippen LogP contribution >= 0.6 is 0 Å². The number of aromatic nitrogens is 2. The molecule has 0 saturated heterocycles. The number of benzene rings is 1. The highest BCUT2D eigenvalue weighted by Gasteiger charge is 2.21. The molecule has 1 aromatic carbocycles. The predicted molar refractivity (Wildman–Crippen MR) is 72.9 cm³/mol. The minimum Gasteiger partial charge on any atom is -0.367 e. The number of aliphatic hydroxyl groups is 1. The van der Waals surface area contributed by atoms with E-state index in [0.29, 0.717) is 0 Å². The zero-order valence-corrected chi connectivity index (χ0v) is 11.0. The van der Waals surface area contributed by atoms with Gasteiger partial charge in [-0.25, -0.2) is 4.98 Å². The van der Waals surface area contributed by atoms with Gasteiger partial charge in [0.1, 0.15) is 5.69 Å². The number of ketones is 1. The van der Waals surface area contributed by atoms with Gasteiger partial charge in [0.25, 0.3) is 11.6 Å². The summed E-state index contributed by atoms with van der Waals surface area (Å²) >= 11 is 0. The van der Waals surface area contributed by atoms with Gasteiger partial charge in [-0.05, 0) is 12.1 Å². The second-order valence-electron chi connectivity index (χ2n) is 4.13. The van der Waals surface area contributed by atoms with Crippen molar-refractivity contribution in [3.63, 3.8) is 0 Å². The summed E-state index contributed by atoms with van der Waals surface area (Å²) in [5.74, 6) is -1.57. The number of nitrogens with one attached hydrogen (secondary N) is 1. The molecule has 0 aliphatic heterocycles. The number of nitro groups is 1. The largest absolute Gasteiger partial charge is 0.367 e. The molecule has 1 heterocycles. The monoisotopic (exact) mass is 302 g/mol. The first-order valence-electron chi connectivity index (χ1n) is 6.02. The molecule has 1 amide bonds. The van der Waals surface area contributed by atoms with Crippen LogP contribution in [0.5, 0.6) is 0 Å². The molecule has 0 aliphatic carbocycles. The second-order valence-corrected chi connectivity index (χ2v) is 4.13. The summed E-state index contributed by atoms with van der Waals surface area (Å²) in [7, 11) is 0. The molecule has 1 atom stereocenters. The standard InChI is InChI=1S/C13H10N4O5/c18-11(8-1-3-9(4-2-8)17(21)22)13(20)16-12(19)10-7-14-5-6-15-10/h1-7,13,20H,(H,16,19). The summed E-state index contributed by atoms with van der Waals surface area (Å²) in [5, 5.41) is 22.3. The van der Waals surface area contributed by atoms with Gasteiger partial charge in [0, 0.05) is 30.1 Å². The van der Waals surface area contributed by atoms with Gasteiger partial charge in [0.2, 0.25) is 5.78 Å². The molecule has 2 aromatic rings. The molecule has 1 aromatic heterocycles. The molecule has 9 heteroatoms. The lowest BCUT2D eigenvalue weighted by Gasteiger charge is -2.11. The number of carbonyl (C=O) groups is 2. The molecule has 0 radical (unpaired) electrons. The fourth-order valence-electron chi connectivity index (χ4n) is 1.59. The van der Waals surface area contributed by atoms with Crippen LogP contribution in [0.25, 0.3) is 0 Å². The zero-order valence-electron chi connectivity index (χ0n) is 11.0. The van der Waals surface area contributed by atoms with E-state index in [-0.39, 0.29) is 16.9 Å². The number of aliphatic hydroxyl groups excluding tert-OH is 1. The Morgan fingerprint density at radius 3 is 2.45 bits per heavy atom. The van der Waals surface area contributed by atoms with Crippen molar-refractivity contribution in [1.82, 2.24) is 15.3 Å². The highest BCUT2D eigenvalue weighted by molar-refractivity contribution is 6.02. The Bertz CT molecular complexity index is 702. The van der Waals surface area contributed by atoms with Crippen LogP contribution in [-0.4, -0.2) is 37.9 Å². The Hall–Kier alpha value is -3.20. The fourth-order valence-corrected chi connectivity index (χ4v) is 1.59. The predicted octanol–water partition coefficient (Wildman–Crippen LogP) is 0.316. The first-order valence-corrected chi connectivity index (χ1v) is 6.02. The van der Waals surface area contributed by atoms with Gasteiger partial charge in [0.05, 0.1) is 11.1 Å². The maximum Gasteiger partial charge on any atom is 0.273 e. The SMILES string of the molecule is O=C(NC(O)C(=O)c1ccc([N+](=O)[O-])cc1)c1cnccn1. The number of nitrogens with zero attached hydrogens (tertiary/aromatic N) is 3. The van der Waals surface area contributed by atoms with Gasteiger partial charge >= 0.3 is 0 Å². The summed E-state index contributed by atoms with van der Waals surface area (Å²) in [4.78, 5) is 41.0.